The Morgan fingerprint density at radius 1 is 1.24 bits per heavy atom. The second kappa shape index (κ2) is 7.54. The second-order valence-electron chi connectivity index (χ2n) is 5.29. The molecule has 100 valence electrons. The minimum Gasteiger partial charge on any atom is -0.396 e. The summed E-state index contributed by atoms with van der Waals surface area (Å²) >= 11 is 0. The molecule has 2 amide bonds. The van der Waals surface area contributed by atoms with Crippen LogP contribution in [0.2, 0.25) is 0 Å². The van der Waals surface area contributed by atoms with Crippen LogP contribution in [-0.2, 0) is 0 Å². The molecule has 0 aromatic heterocycles. The maximum absolute atomic E-state index is 11.7. The SMILES string of the molecule is CC(C)NC(=O)NC(CCO)C1CCCCC1. The maximum atomic E-state index is 11.7. The normalized spacial score (nSPS) is 19.1. The Labute approximate surface area is 104 Å². The van der Waals surface area contributed by atoms with E-state index in [-0.39, 0.29) is 24.7 Å². The largest absolute Gasteiger partial charge is 0.396 e. The van der Waals surface area contributed by atoms with Crippen LogP contribution in [0.25, 0.3) is 0 Å². The molecule has 0 spiro atoms. The third-order valence-electron chi connectivity index (χ3n) is 3.40. The second-order valence-corrected chi connectivity index (χ2v) is 5.29. The number of carbonyl (C=O) groups excluding carboxylic acids is 1. The average molecular weight is 242 g/mol. The molecule has 0 saturated heterocycles. The van der Waals surface area contributed by atoms with Gasteiger partial charge in [0.2, 0.25) is 0 Å². The number of carbonyl (C=O) groups is 1. The summed E-state index contributed by atoms with van der Waals surface area (Å²) in [5, 5.41) is 14.9. The summed E-state index contributed by atoms with van der Waals surface area (Å²) in [6.45, 7) is 4.03. The van der Waals surface area contributed by atoms with Crippen molar-refractivity contribution < 1.29 is 9.90 Å². The highest BCUT2D eigenvalue weighted by Gasteiger charge is 2.24. The van der Waals surface area contributed by atoms with Crippen molar-refractivity contribution in [1.29, 1.82) is 0 Å². The molecule has 0 radical (unpaired) electrons. The van der Waals surface area contributed by atoms with Gasteiger partial charge >= 0.3 is 6.03 Å². The van der Waals surface area contributed by atoms with Gasteiger partial charge in [0.1, 0.15) is 0 Å². The summed E-state index contributed by atoms with van der Waals surface area (Å²) in [5.41, 5.74) is 0. The summed E-state index contributed by atoms with van der Waals surface area (Å²) in [6, 6.07) is 0.166. The standard InChI is InChI=1S/C13H26N2O2/c1-10(2)14-13(17)15-12(8-9-16)11-6-4-3-5-7-11/h10-12,16H,3-9H2,1-2H3,(H2,14,15,17). The molecule has 1 saturated carbocycles. The molecule has 0 bridgehead atoms. The number of rotatable bonds is 5. The smallest absolute Gasteiger partial charge is 0.315 e. The Morgan fingerprint density at radius 3 is 2.41 bits per heavy atom. The number of nitrogens with one attached hydrogen (secondary N) is 2. The van der Waals surface area contributed by atoms with E-state index in [1.54, 1.807) is 0 Å². The van der Waals surface area contributed by atoms with Crippen LogP contribution >= 0.6 is 0 Å². The number of hydrogen-bond donors (Lipinski definition) is 3. The van der Waals surface area contributed by atoms with E-state index >= 15 is 0 Å². The van der Waals surface area contributed by atoms with Crippen molar-refractivity contribution in [3.05, 3.63) is 0 Å². The van der Waals surface area contributed by atoms with Gasteiger partial charge in [-0.15, -0.1) is 0 Å². The number of aliphatic hydroxyl groups excluding tert-OH is 1. The molecule has 1 atom stereocenters. The van der Waals surface area contributed by atoms with Crippen LogP contribution in [0.4, 0.5) is 4.79 Å². The van der Waals surface area contributed by atoms with E-state index in [4.69, 9.17) is 5.11 Å². The van der Waals surface area contributed by atoms with E-state index in [1.807, 2.05) is 13.8 Å². The number of hydrogen-bond acceptors (Lipinski definition) is 2. The van der Waals surface area contributed by atoms with E-state index in [2.05, 4.69) is 10.6 Å². The molecule has 1 rings (SSSR count). The van der Waals surface area contributed by atoms with Crippen molar-refractivity contribution in [3.8, 4) is 0 Å². The van der Waals surface area contributed by atoms with Gasteiger partial charge < -0.3 is 15.7 Å². The molecule has 1 unspecified atom stereocenters. The van der Waals surface area contributed by atoms with E-state index in [1.165, 1.54) is 32.1 Å². The Bertz CT molecular complexity index is 225. The van der Waals surface area contributed by atoms with Gasteiger partial charge in [0.15, 0.2) is 0 Å². The first kappa shape index (κ1) is 14.3. The molecule has 3 N–H and O–H groups in total. The van der Waals surface area contributed by atoms with Crippen molar-refractivity contribution in [3.63, 3.8) is 0 Å². The van der Waals surface area contributed by atoms with Crippen molar-refractivity contribution in [2.24, 2.45) is 5.92 Å². The first-order valence-corrected chi connectivity index (χ1v) is 6.81. The molecule has 4 nitrogen and oxygen atoms in total. The minimum atomic E-state index is -0.107. The molecule has 0 aromatic carbocycles. The minimum absolute atomic E-state index is 0.107. The lowest BCUT2D eigenvalue weighted by Crippen LogP contribution is -2.48. The lowest BCUT2D eigenvalue weighted by Gasteiger charge is -2.30. The van der Waals surface area contributed by atoms with Crippen LogP contribution in [0.5, 0.6) is 0 Å². The number of aliphatic hydroxyl groups is 1. The van der Waals surface area contributed by atoms with E-state index in [0.29, 0.717) is 12.3 Å². The van der Waals surface area contributed by atoms with Gasteiger partial charge in [-0.3, -0.25) is 0 Å². The fourth-order valence-electron chi connectivity index (χ4n) is 2.57. The van der Waals surface area contributed by atoms with Crippen LogP contribution in [0.1, 0.15) is 52.4 Å². The average Bonchev–Trinajstić information content (AvgIpc) is 2.28. The van der Waals surface area contributed by atoms with E-state index in [9.17, 15) is 4.79 Å². The van der Waals surface area contributed by atoms with Gasteiger partial charge in [0.05, 0.1) is 0 Å². The maximum Gasteiger partial charge on any atom is 0.315 e. The van der Waals surface area contributed by atoms with Crippen molar-refractivity contribution in [2.45, 2.75) is 64.5 Å². The molecule has 0 aliphatic heterocycles. The summed E-state index contributed by atoms with van der Waals surface area (Å²) in [7, 11) is 0. The zero-order valence-electron chi connectivity index (χ0n) is 11.0. The van der Waals surface area contributed by atoms with E-state index in [0.717, 1.165) is 0 Å². The molecule has 0 aromatic rings. The molecule has 1 fully saturated rings. The highest BCUT2D eigenvalue weighted by molar-refractivity contribution is 5.74. The lowest BCUT2D eigenvalue weighted by molar-refractivity contribution is 0.195. The molecular weight excluding hydrogens is 216 g/mol. The molecule has 4 heteroatoms. The topological polar surface area (TPSA) is 61.4 Å². The van der Waals surface area contributed by atoms with Crippen LogP contribution in [-0.4, -0.2) is 29.8 Å². The van der Waals surface area contributed by atoms with Crippen LogP contribution in [0, 0.1) is 5.92 Å². The predicted octanol–water partition coefficient (Wildman–Crippen LogP) is 2.03. The van der Waals surface area contributed by atoms with Crippen molar-refractivity contribution >= 4 is 6.03 Å². The fourth-order valence-corrected chi connectivity index (χ4v) is 2.57. The van der Waals surface area contributed by atoms with Gasteiger partial charge in [0, 0.05) is 18.7 Å². The van der Waals surface area contributed by atoms with Gasteiger partial charge in [0.25, 0.3) is 0 Å². The summed E-state index contributed by atoms with van der Waals surface area (Å²) in [5.74, 6) is 0.536. The molecule has 1 aliphatic rings. The van der Waals surface area contributed by atoms with Crippen LogP contribution in [0.15, 0.2) is 0 Å². The summed E-state index contributed by atoms with van der Waals surface area (Å²) < 4.78 is 0. The van der Waals surface area contributed by atoms with Gasteiger partial charge in [-0.2, -0.15) is 0 Å². The van der Waals surface area contributed by atoms with Gasteiger partial charge in [-0.05, 0) is 39.0 Å². The quantitative estimate of drug-likeness (QED) is 0.690. The predicted molar refractivity (Wildman–Crippen MR) is 68.9 cm³/mol. The Hall–Kier alpha value is -0.770. The van der Waals surface area contributed by atoms with Crippen LogP contribution in [0.3, 0.4) is 0 Å². The zero-order chi connectivity index (χ0) is 12.7. The zero-order valence-corrected chi connectivity index (χ0v) is 11.0. The summed E-state index contributed by atoms with van der Waals surface area (Å²) in [4.78, 5) is 11.7. The van der Waals surface area contributed by atoms with Crippen molar-refractivity contribution in [2.75, 3.05) is 6.61 Å². The molecular formula is C13H26N2O2. The third kappa shape index (κ3) is 5.39. The van der Waals surface area contributed by atoms with Crippen LogP contribution < -0.4 is 10.6 Å². The first-order valence-electron chi connectivity index (χ1n) is 6.81. The lowest BCUT2D eigenvalue weighted by atomic mass is 9.83. The Balaban J connectivity index is 2.43. The molecule has 0 heterocycles. The molecule has 1 aliphatic carbocycles. The number of urea groups is 1. The summed E-state index contributed by atoms with van der Waals surface area (Å²) in [6.07, 6.45) is 6.82. The van der Waals surface area contributed by atoms with E-state index < -0.39 is 0 Å². The Kier molecular flexibility index (Phi) is 6.34. The third-order valence-corrected chi connectivity index (χ3v) is 3.40. The monoisotopic (exact) mass is 242 g/mol. The first-order chi connectivity index (χ1) is 8.13. The van der Waals surface area contributed by atoms with Gasteiger partial charge in [-0.1, -0.05) is 19.3 Å². The number of amides is 2. The highest BCUT2D eigenvalue weighted by atomic mass is 16.3. The van der Waals surface area contributed by atoms with Gasteiger partial charge in [-0.25, -0.2) is 4.79 Å². The van der Waals surface area contributed by atoms with Crippen molar-refractivity contribution in [1.82, 2.24) is 10.6 Å². The molecule has 17 heavy (non-hydrogen) atoms. The Morgan fingerprint density at radius 2 is 1.88 bits per heavy atom. The highest BCUT2D eigenvalue weighted by Crippen LogP contribution is 2.27. The fraction of sp³-hybridized carbons (Fsp3) is 0.923.